The van der Waals surface area contributed by atoms with E-state index in [1.54, 1.807) is 6.92 Å². The summed E-state index contributed by atoms with van der Waals surface area (Å²) in [6.07, 6.45) is 2.16. The van der Waals surface area contributed by atoms with Gasteiger partial charge in [-0.1, -0.05) is 13.8 Å². The van der Waals surface area contributed by atoms with Crippen molar-refractivity contribution in [1.29, 1.82) is 0 Å². The predicted molar refractivity (Wildman–Crippen MR) is 54.8 cm³/mol. The summed E-state index contributed by atoms with van der Waals surface area (Å²) in [7, 11) is -2.06. The van der Waals surface area contributed by atoms with E-state index in [1.165, 1.54) is 0 Å². The van der Waals surface area contributed by atoms with E-state index in [4.69, 9.17) is 4.74 Å². The maximum absolute atomic E-state index is 11.9. The fraction of sp³-hybridized carbons (Fsp3) is 0.889. The van der Waals surface area contributed by atoms with E-state index in [-0.39, 0.29) is 5.97 Å². The van der Waals surface area contributed by atoms with Gasteiger partial charge in [-0.05, 0) is 19.2 Å². The summed E-state index contributed by atoms with van der Waals surface area (Å²) >= 11 is 0. The lowest BCUT2D eigenvalue weighted by molar-refractivity contribution is -0.142. The number of carbonyl (C=O) groups excluding carboxylic acids is 1. The Bertz CT molecular complexity index is 193. The van der Waals surface area contributed by atoms with Gasteiger partial charge < -0.3 is 9.30 Å². The van der Waals surface area contributed by atoms with E-state index in [9.17, 15) is 9.36 Å². The summed E-state index contributed by atoms with van der Waals surface area (Å²) < 4.78 is 16.6. The van der Waals surface area contributed by atoms with Crippen LogP contribution in [0.3, 0.4) is 0 Å². The van der Waals surface area contributed by atoms with Gasteiger partial charge in [0.2, 0.25) is 0 Å². The number of hydrogen-bond acceptors (Lipinski definition) is 3. The molecule has 4 heteroatoms. The van der Waals surface area contributed by atoms with Crippen LogP contribution >= 0.6 is 7.14 Å². The van der Waals surface area contributed by atoms with Crippen LogP contribution in [0.5, 0.6) is 0 Å². The van der Waals surface area contributed by atoms with Crippen LogP contribution in [0, 0.1) is 0 Å². The molecule has 0 aromatic heterocycles. The second-order valence-electron chi connectivity index (χ2n) is 2.97. The molecule has 0 amide bonds. The van der Waals surface area contributed by atoms with Gasteiger partial charge in [0.1, 0.15) is 0 Å². The second-order valence-corrected chi connectivity index (χ2v) is 6.80. The Labute approximate surface area is 80.2 Å². The Morgan fingerprint density at radius 1 is 1.23 bits per heavy atom. The van der Waals surface area contributed by atoms with Gasteiger partial charge in [-0.2, -0.15) is 0 Å². The zero-order valence-corrected chi connectivity index (χ0v) is 9.60. The molecule has 0 saturated heterocycles. The zero-order valence-electron chi connectivity index (χ0n) is 8.71. The number of esters is 1. The van der Waals surface area contributed by atoms with E-state index in [0.717, 1.165) is 0 Å². The number of carbonyl (C=O) groups is 1. The normalized spacial score (nSPS) is 11.3. The Morgan fingerprint density at radius 2 is 1.77 bits per heavy atom. The summed E-state index contributed by atoms with van der Waals surface area (Å²) in [6.45, 7) is 6.00. The van der Waals surface area contributed by atoms with Crippen molar-refractivity contribution in [2.24, 2.45) is 0 Å². The molecule has 0 aromatic rings. The van der Waals surface area contributed by atoms with Crippen molar-refractivity contribution >= 4 is 13.1 Å². The average Bonchev–Trinajstić information content (AvgIpc) is 2.15. The maximum Gasteiger partial charge on any atom is 0.306 e. The van der Waals surface area contributed by atoms with Crippen LogP contribution in [0.1, 0.15) is 27.2 Å². The molecule has 0 saturated carbocycles. The largest absolute Gasteiger partial charge is 0.466 e. The Kier molecular flexibility index (Phi) is 6.06. The molecular formula is C9H19O3P. The molecule has 13 heavy (non-hydrogen) atoms. The van der Waals surface area contributed by atoms with E-state index in [0.29, 0.717) is 31.5 Å². The van der Waals surface area contributed by atoms with Crippen molar-refractivity contribution in [1.82, 2.24) is 0 Å². The second kappa shape index (κ2) is 6.20. The third kappa shape index (κ3) is 5.09. The first-order valence-corrected chi connectivity index (χ1v) is 7.07. The molecule has 0 atom stereocenters. The average molecular weight is 206 g/mol. The monoisotopic (exact) mass is 206 g/mol. The van der Waals surface area contributed by atoms with Gasteiger partial charge in [0, 0.05) is 6.16 Å². The van der Waals surface area contributed by atoms with Gasteiger partial charge >= 0.3 is 5.97 Å². The molecule has 0 radical (unpaired) electrons. The van der Waals surface area contributed by atoms with Gasteiger partial charge in [-0.15, -0.1) is 0 Å². The van der Waals surface area contributed by atoms with Gasteiger partial charge in [-0.25, -0.2) is 0 Å². The van der Waals surface area contributed by atoms with Crippen LogP contribution in [-0.4, -0.2) is 31.1 Å². The molecule has 0 spiro atoms. The van der Waals surface area contributed by atoms with Crippen LogP contribution in [0.4, 0.5) is 0 Å². The minimum atomic E-state index is -2.06. The van der Waals surface area contributed by atoms with Crippen molar-refractivity contribution in [3.8, 4) is 0 Å². The van der Waals surface area contributed by atoms with E-state index >= 15 is 0 Å². The van der Waals surface area contributed by atoms with Gasteiger partial charge in [-0.3, -0.25) is 4.79 Å². The summed E-state index contributed by atoms with van der Waals surface area (Å²) in [5.41, 5.74) is 0. The number of ether oxygens (including phenoxy) is 1. The molecular weight excluding hydrogens is 187 g/mol. The van der Waals surface area contributed by atoms with Gasteiger partial charge in [0.25, 0.3) is 0 Å². The quantitative estimate of drug-likeness (QED) is 0.495. The maximum atomic E-state index is 11.9. The first-order valence-electron chi connectivity index (χ1n) is 4.80. The van der Waals surface area contributed by atoms with Gasteiger partial charge in [0.15, 0.2) is 0 Å². The highest BCUT2D eigenvalue weighted by atomic mass is 31.2. The standard InChI is InChI=1S/C9H19O3P/c1-4-12-9(10)7-8-13(11,5-2)6-3/h4-8H2,1-3H3. The van der Waals surface area contributed by atoms with Crippen molar-refractivity contribution in [3.63, 3.8) is 0 Å². The minimum Gasteiger partial charge on any atom is -0.466 e. The van der Waals surface area contributed by atoms with Crippen LogP contribution in [0.25, 0.3) is 0 Å². The van der Waals surface area contributed by atoms with Crippen molar-refractivity contribution in [2.45, 2.75) is 27.2 Å². The lowest BCUT2D eigenvalue weighted by atomic mass is 10.5. The molecule has 0 rings (SSSR count). The fourth-order valence-electron chi connectivity index (χ4n) is 1.07. The van der Waals surface area contributed by atoms with Crippen molar-refractivity contribution in [2.75, 3.05) is 25.1 Å². The summed E-state index contributed by atoms with van der Waals surface area (Å²) in [5.74, 6) is -0.232. The molecule has 0 bridgehead atoms. The lowest BCUT2D eigenvalue weighted by Crippen LogP contribution is -2.07. The molecule has 3 nitrogen and oxygen atoms in total. The third-order valence-electron chi connectivity index (χ3n) is 2.18. The molecule has 78 valence electrons. The SMILES string of the molecule is CCOC(=O)CCP(=O)(CC)CC. The molecule has 0 N–H and O–H groups in total. The zero-order chi connectivity index (χ0) is 10.3. The fourth-order valence-corrected chi connectivity index (χ4v) is 2.74. The topological polar surface area (TPSA) is 43.4 Å². The summed E-state index contributed by atoms with van der Waals surface area (Å²) in [5, 5.41) is 0. The molecule has 0 unspecified atom stereocenters. The highest BCUT2D eigenvalue weighted by Crippen LogP contribution is 2.44. The highest BCUT2D eigenvalue weighted by molar-refractivity contribution is 7.63. The summed E-state index contributed by atoms with van der Waals surface area (Å²) in [4.78, 5) is 11.0. The van der Waals surface area contributed by atoms with E-state index < -0.39 is 7.14 Å². The summed E-state index contributed by atoms with van der Waals surface area (Å²) in [6, 6.07) is 0. The molecule has 0 aliphatic carbocycles. The van der Waals surface area contributed by atoms with E-state index in [2.05, 4.69) is 0 Å². The first kappa shape index (κ1) is 12.7. The highest BCUT2D eigenvalue weighted by Gasteiger charge is 2.18. The van der Waals surface area contributed by atoms with Crippen LogP contribution in [0.2, 0.25) is 0 Å². The van der Waals surface area contributed by atoms with Crippen LogP contribution in [0.15, 0.2) is 0 Å². The Hall–Kier alpha value is -0.300. The Morgan fingerprint density at radius 3 is 2.15 bits per heavy atom. The van der Waals surface area contributed by atoms with Gasteiger partial charge in [0.05, 0.1) is 20.2 Å². The van der Waals surface area contributed by atoms with Crippen LogP contribution < -0.4 is 0 Å². The van der Waals surface area contributed by atoms with Crippen molar-refractivity contribution < 1.29 is 14.1 Å². The van der Waals surface area contributed by atoms with Crippen LogP contribution in [-0.2, 0) is 14.1 Å². The third-order valence-corrected chi connectivity index (χ3v) is 5.53. The molecule has 0 aliphatic heterocycles. The molecule has 0 aromatic carbocycles. The lowest BCUT2D eigenvalue weighted by Gasteiger charge is -2.12. The van der Waals surface area contributed by atoms with E-state index in [1.807, 2.05) is 13.8 Å². The molecule has 0 heterocycles. The number of rotatable bonds is 6. The minimum absolute atomic E-state index is 0.232. The van der Waals surface area contributed by atoms with Crippen molar-refractivity contribution in [3.05, 3.63) is 0 Å². The number of hydrogen-bond donors (Lipinski definition) is 0. The Balaban J connectivity index is 3.86. The smallest absolute Gasteiger partial charge is 0.306 e. The molecule has 0 aliphatic rings. The first-order chi connectivity index (χ1) is 6.08. The molecule has 0 fully saturated rings. The predicted octanol–water partition coefficient (Wildman–Crippen LogP) is 2.34.